The summed E-state index contributed by atoms with van der Waals surface area (Å²) >= 11 is 5.73. The van der Waals surface area contributed by atoms with Crippen molar-refractivity contribution >= 4 is 29.4 Å². The third-order valence-corrected chi connectivity index (χ3v) is 2.84. The van der Waals surface area contributed by atoms with E-state index in [1.807, 2.05) is 0 Å². The van der Waals surface area contributed by atoms with Crippen molar-refractivity contribution < 1.29 is 19.4 Å². The fourth-order valence-corrected chi connectivity index (χ4v) is 1.70. The highest BCUT2D eigenvalue weighted by Gasteiger charge is 2.48. The third-order valence-electron chi connectivity index (χ3n) is 2.58. The summed E-state index contributed by atoms with van der Waals surface area (Å²) in [6, 6.07) is 6.52. The fourth-order valence-electron chi connectivity index (χ4n) is 1.58. The number of ether oxygens (including phenoxy) is 1. The van der Waals surface area contributed by atoms with Crippen LogP contribution in [-0.4, -0.2) is 29.3 Å². The molecule has 0 saturated carbocycles. The van der Waals surface area contributed by atoms with Crippen LogP contribution in [0.25, 0.3) is 0 Å². The monoisotopic (exact) mass is 255 g/mol. The van der Waals surface area contributed by atoms with E-state index in [-0.39, 0.29) is 6.54 Å². The molecule has 0 aliphatic carbocycles. The molecule has 17 heavy (non-hydrogen) atoms. The van der Waals surface area contributed by atoms with Gasteiger partial charge in [0.25, 0.3) is 0 Å². The number of hydrogen-bond acceptors (Lipinski definition) is 3. The van der Waals surface area contributed by atoms with Crippen LogP contribution in [0.4, 0.5) is 10.5 Å². The van der Waals surface area contributed by atoms with Crippen LogP contribution >= 0.6 is 11.6 Å². The van der Waals surface area contributed by atoms with E-state index in [4.69, 9.17) is 21.4 Å². The number of nitrogens with zero attached hydrogens (tertiary/aromatic N) is 1. The fraction of sp³-hybridized carbons (Fsp3) is 0.273. The number of cyclic esters (lactones) is 1. The van der Waals surface area contributed by atoms with Crippen molar-refractivity contribution in [1.82, 2.24) is 0 Å². The van der Waals surface area contributed by atoms with Gasteiger partial charge in [0.05, 0.1) is 6.54 Å². The molecular formula is C11H10ClNO4. The van der Waals surface area contributed by atoms with Crippen molar-refractivity contribution in [2.24, 2.45) is 0 Å². The summed E-state index contributed by atoms with van der Waals surface area (Å²) in [5.74, 6) is -1.16. The van der Waals surface area contributed by atoms with Gasteiger partial charge < -0.3 is 9.84 Å². The zero-order valence-corrected chi connectivity index (χ0v) is 9.77. The average molecular weight is 256 g/mol. The first kappa shape index (κ1) is 11.7. The van der Waals surface area contributed by atoms with Crippen molar-refractivity contribution in [3.63, 3.8) is 0 Å². The number of aliphatic carboxylic acids is 1. The summed E-state index contributed by atoms with van der Waals surface area (Å²) in [6.07, 6.45) is -0.669. The first-order valence-electron chi connectivity index (χ1n) is 4.92. The van der Waals surface area contributed by atoms with Gasteiger partial charge in [0, 0.05) is 10.7 Å². The van der Waals surface area contributed by atoms with Crippen molar-refractivity contribution in [2.75, 3.05) is 11.4 Å². The quantitative estimate of drug-likeness (QED) is 0.879. The molecule has 0 spiro atoms. The molecule has 0 bridgehead atoms. The van der Waals surface area contributed by atoms with Crippen molar-refractivity contribution in [3.8, 4) is 0 Å². The van der Waals surface area contributed by atoms with Crippen LogP contribution in [0.2, 0.25) is 5.02 Å². The normalized spacial score (nSPS) is 23.6. The van der Waals surface area contributed by atoms with Crippen LogP contribution in [0.15, 0.2) is 24.3 Å². The first-order valence-corrected chi connectivity index (χ1v) is 5.30. The van der Waals surface area contributed by atoms with Gasteiger partial charge in [-0.25, -0.2) is 9.59 Å². The number of carbonyl (C=O) groups excluding carboxylic acids is 1. The number of anilines is 1. The highest BCUT2D eigenvalue weighted by Crippen LogP contribution is 2.28. The maximum absolute atomic E-state index is 11.6. The lowest BCUT2D eigenvalue weighted by atomic mass is 10.1. The minimum absolute atomic E-state index is 0.0250. The lowest BCUT2D eigenvalue weighted by molar-refractivity contribution is -0.152. The van der Waals surface area contributed by atoms with E-state index in [1.54, 1.807) is 24.3 Å². The van der Waals surface area contributed by atoms with Gasteiger partial charge in [0.1, 0.15) is 0 Å². The standard InChI is InChI=1S/C11H10ClNO4/c1-11(9(14)15)6-13(10(16)17-11)8-4-2-7(12)3-5-8/h2-5H,6H2,1H3,(H,14,15). The van der Waals surface area contributed by atoms with Crippen molar-refractivity contribution in [3.05, 3.63) is 29.3 Å². The number of rotatable bonds is 2. The maximum atomic E-state index is 11.6. The molecule has 1 aliphatic rings. The Morgan fingerprint density at radius 1 is 1.47 bits per heavy atom. The molecular weight excluding hydrogens is 246 g/mol. The smallest absolute Gasteiger partial charge is 0.415 e. The summed E-state index contributed by atoms with van der Waals surface area (Å²) in [6.45, 7) is 1.34. The van der Waals surface area contributed by atoms with Gasteiger partial charge in [-0.2, -0.15) is 0 Å². The lowest BCUT2D eigenvalue weighted by Gasteiger charge is -2.16. The molecule has 0 radical (unpaired) electrons. The molecule has 1 heterocycles. The second kappa shape index (κ2) is 3.92. The Morgan fingerprint density at radius 3 is 2.53 bits per heavy atom. The molecule has 1 atom stereocenters. The van der Waals surface area contributed by atoms with Crippen LogP contribution in [0.3, 0.4) is 0 Å². The van der Waals surface area contributed by atoms with Gasteiger partial charge in [-0.15, -0.1) is 0 Å². The van der Waals surface area contributed by atoms with E-state index >= 15 is 0 Å². The second-order valence-electron chi connectivity index (χ2n) is 3.97. The minimum atomic E-state index is -1.50. The molecule has 1 N–H and O–H groups in total. The first-order chi connectivity index (χ1) is 7.92. The molecule has 6 heteroatoms. The maximum Gasteiger partial charge on any atom is 0.415 e. The molecule has 5 nitrogen and oxygen atoms in total. The number of carbonyl (C=O) groups is 2. The Balaban J connectivity index is 2.27. The summed E-state index contributed by atoms with van der Waals surface area (Å²) in [4.78, 5) is 23.8. The van der Waals surface area contributed by atoms with E-state index < -0.39 is 17.7 Å². The van der Waals surface area contributed by atoms with Gasteiger partial charge in [-0.1, -0.05) is 11.6 Å². The number of benzene rings is 1. The zero-order valence-electron chi connectivity index (χ0n) is 9.01. The predicted octanol–water partition coefficient (Wildman–Crippen LogP) is 2.14. The summed E-state index contributed by atoms with van der Waals surface area (Å²) < 4.78 is 4.86. The Bertz CT molecular complexity index is 473. The van der Waals surface area contributed by atoms with Crippen LogP contribution in [-0.2, 0) is 9.53 Å². The van der Waals surface area contributed by atoms with Gasteiger partial charge in [-0.05, 0) is 31.2 Å². The Labute approximate surface area is 103 Å². The van der Waals surface area contributed by atoms with Crippen LogP contribution in [0.1, 0.15) is 6.92 Å². The van der Waals surface area contributed by atoms with Crippen molar-refractivity contribution in [1.29, 1.82) is 0 Å². The lowest BCUT2D eigenvalue weighted by Crippen LogP contribution is -2.39. The van der Waals surface area contributed by atoms with Gasteiger partial charge in [0.15, 0.2) is 0 Å². The average Bonchev–Trinajstić information content (AvgIpc) is 2.57. The zero-order chi connectivity index (χ0) is 12.6. The Morgan fingerprint density at radius 2 is 2.06 bits per heavy atom. The molecule has 0 aromatic heterocycles. The molecule has 1 aromatic carbocycles. The predicted molar refractivity (Wildman–Crippen MR) is 61.3 cm³/mol. The second-order valence-corrected chi connectivity index (χ2v) is 4.40. The molecule has 90 valence electrons. The van der Waals surface area contributed by atoms with Gasteiger partial charge in [-0.3, -0.25) is 4.90 Å². The minimum Gasteiger partial charge on any atom is -0.478 e. The van der Waals surface area contributed by atoms with Gasteiger partial charge >= 0.3 is 12.1 Å². The topological polar surface area (TPSA) is 66.8 Å². The number of halogens is 1. The Kier molecular flexibility index (Phi) is 2.71. The molecule has 1 aliphatic heterocycles. The van der Waals surface area contributed by atoms with Crippen molar-refractivity contribution in [2.45, 2.75) is 12.5 Å². The summed E-state index contributed by atoms with van der Waals surface area (Å²) in [7, 11) is 0. The van der Waals surface area contributed by atoms with E-state index in [0.717, 1.165) is 0 Å². The molecule has 1 saturated heterocycles. The van der Waals surface area contributed by atoms with E-state index in [1.165, 1.54) is 11.8 Å². The highest BCUT2D eigenvalue weighted by atomic mass is 35.5. The van der Waals surface area contributed by atoms with E-state index in [2.05, 4.69) is 0 Å². The van der Waals surface area contributed by atoms with Gasteiger partial charge in [0.2, 0.25) is 5.60 Å². The SMILES string of the molecule is CC1(C(=O)O)CN(c2ccc(Cl)cc2)C(=O)O1. The highest BCUT2D eigenvalue weighted by molar-refractivity contribution is 6.30. The molecule has 1 aromatic rings. The molecule has 2 rings (SSSR count). The number of hydrogen-bond donors (Lipinski definition) is 1. The largest absolute Gasteiger partial charge is 0.478 e. The summed E-state index contributed by atoms with van der Waals surface area (Å²) in [5, 5.41) is 9.52. The third kappa shape index (κ3) is 2.06. The Hall–Kier alpha value is -1.75. The van der Waals surface area contributed by atoms with E-state index in [9.17, 15) is 9.59 Å². The molecule has 1 fully saturated rings. The van der Waals surface area contributed by atoms with Crippen LogP contribution in [0, 0.1) is 0 Å². The van der Waals surface area contributed by atoms with E-state index in [0.29, 0.717) is 10.7 Å². The summed E-state index contributed by atoms with van der Waals surface area (Å²) in [5.41, 5.74) is -0.944. The number of carboxylic acid groups (broad SMARTS) is 1. The van der Waals surface area contributed by atoms with Crippen LogP contribution in [0.5, 0.6) is 0 Å². The molecule has 1 amide bonds. The number of amides is 1. The number of carboxylic acids is 1. The molecule has 1 unspecified atom stereocenters. The van der Waals surface area contributed by atoms with Crippen LogP contribution < -0.4 is 4.90 Å².